The van der Waals surface area contributed by atoms with Crippen molar-refractivity contribution in [2.24, 2.45) is 0 Å². The van der Waals surface area contributed by atoms with Crippen LogP contribution in [0.25, 0.3) is 11.1 Å². The molecule has 0 saturated carbocycles. The van der Waals surface area contributed by atoms with Crippen molar-refractivity contribution in [3.8, 4) is 16.9 Å². The topological polar surface area (TPSA) is 84.5 Å². The molecular formula is C24H24N2O4S. The zero-order valence-corrected chi connectivity index (χ0v) is 18.3. The van der Waals surface area contributed by atoms with E-state index in [1.165, 1.54) is 24.7 Å². The molecule has 3 aromatic carbocycles. The third-order valence-corrected chi connectivity index (χ3v) is 6.87. The summed E-state index contributed by atoms with van der Waals surface area (Å²) in [7, 11) is -2.27. The molecule has 0 bridgehead atoms. The van der Waals surface area contributed by atoms with Crippen molar-refractivity contribution >= 4 is 15.9 Å². The van der Waals surface area contributed by atoms with E-state index >= 15 is 0 Å². The highest BCUT2D eigenvalue weighted by molar-refractivity contribution is 7.89. The van der Waals surface area contributed by atoms with Gasteiger partial charge in [-0.1, -0.05) is 36.4 Å². The van der Waals surface area contributed by atoms with Crippen LogP contribution in [-0.4, -0.2) is 28.0 Å². The first-order chi connectivity index (χ1) is 14.9. The van der Waals surface area contributed by atoms with Gasteiger partial charge in [0.15, 0.2) is 0 Å². The molecule has 7 heteroatoms. The fourth-order valence-electron chi connectivity index (χ4n) is 3.59. The summed E-state index contributed by atoms with van der Waals surface area (Å²) in [6, 6.07) is 18.8. The number of hydrogen-bond acceptors (Lipinski definition) is 4. The van der Waals surface area contributed by atoms with E-state index in [0.29, 0.717) is 17.7 Å². The van der Waals surface area contributed by atoms with E-state index < -0.39 is 10.0 Å². The van der Waals surface area contributed by atoms with Crippen molar-refractivity contribution < 1.29 is 17.9 Å². The Hall–Kier alpha value is -3.16. The first kappa shape index (κ1) is 21.1. The number of carbonyl (C=O) groups is 1. The lowest BCUT2D eigenvalue weighted by Crippen LogP contribution is -2.25. The third kappa shape index (κ3) is 4.47. The molecular weight excluding hydrogens is 412 g/mol. The van der Waals surface area contributed by atoms with Crippen LogP contribution in [0.15, 0.2) is 65.6 Å². The lowest BCUT2D eigenvalue weighted by molar-refractivity contribution is 0.0950. The predicted molar refractivity (Wildman–Crippen MR) is 120 cm³/mol. The number of nitrogens with one attached hydrogen (secondary N) is 2. The highest BCUT2D eigenvalue weighted by atomic mass is 32.2. The van der Waals surface area contributed by atoms with Crippen molar-refractivity contribution in [1.29, 1.82) is 0 Å². The van der Waals surface area contributed by atoms with Gasteiger partial charge in [-0.25, -0.2) is 13.1 Å². The molecule has 0 radical (unpaired) electrons. The molecule has 2 N–H and O–H groups in total. The van der Waals surface area contributed by atoms with Crippen LogP contribution in [0.1, 0.15) is 27.0 Å². The minimum atomic E-state index is -3.61. The maximum absolute atomic E-state index is 12.7. The molecule has 31 heavy (non-hydrogen) atoms. The highest BCUT2D eigenvalue weighted by Gasteiger charge is 2.17. The van der Waals surface area contributed by atoms with E-state index in [-0.39, 0.29) is 10.8 Å². The number of amides is 1. The number of fused-ring (bicyclic) bond motifs is 1. The van der Waals surface area contributed by atoms with E-state index in [0.717, 1.165) is 35.5 Å². The van der Waals surface area contributed by atoms with E-state index in [1.54, 1.807) is 13.0 Å². The van der Waals surface area contributed by atoms with Gasteiger partial charge in [0.1, 0.15) is 5.75 Å². The molecule has 0 saturated heterocycles. The van der Waals surface area contributed by atoms with Gasteiger partial charge in [-0.2, -0.15) is 0 Å². The van der Waals surface area contributed by atoms with Crippen LogP contribution in [0.3, 0.4) is 0 Å². The van der Waals surface area contributed by atoms with Gasteiger partial charge >= 0.3 is 0 Å². The number of sulfonamides is 1. The zero-order valence-electron chi connectivity index (χ0n) is 17.4. The van der Waals surface area contributed by atoms with Gasteiger partial charge < -0.3 is 10.1 Å². The van der Waals surface area contributed by atoms with Crippen LogP contribution in [0.2, 0.25) is 0 Å². The van der Waals surface area contributed by atoms with E-state index in [1.807, 2.05) is 30.3 Å². The summed E-state index contributed by atoms with van der Waals surface area (Å²) in [5.74, 6) is 0.651. The Bertz CT molecular complexity index is 1230. The highest BCUT2D eigenvalue weighted by Crippen LogP contribution is 2.30. The molecule has 0 fully saturated rings. The van der Waals surface area contributed by atoms with E-state index in [2.05, 4.69) is 22.2 Å². The SMILES string of the molecule is CNS(=O)(=O)c1ccc(C)c(C(=O)NCc2ccc(-c3ccc4c(c3)CCO4)cc2)c1. The van der Waals surface area contributed by atoms with Crippen molar-refractivity contribution in [1.82, 2.24) is 10.0 Å². The summed E-state index contributed by atoms with van der Waals surface area (Å²) in [5.41, 5.74) is 5.48. The molecule has 0 unspecified atom stereocenters. The van der Waals surface area contributed by atoms with Gasteiger partial charge in [-0.3, -0.25) is 4.79 Å². The van der Waals surface area contributed by atoms with Crippen LogP contribution in [0.4, 0.5) is 0 Å². The fourth-order valence-corrected chi connectivity index (χ4v) is 4.35. The molecule has 0 spiro atoms. The summed E-state index contributed by atoms with van der Waals surface area (Å²) >= 11 is 0. The molecule has 160 valence electrons. The lowest BCUT2D eigenvalue weighted by Gasteiger charge is -2.11. The summed E-state index contributed by atoms with van der Waals surface area (Å²) in [6.07, 6.45) is 0.934. The monoisotopic (exact) mass is 436 g/mol. The molecule has 0 atom stereocenters. The second-order valence-electron chi connectivity index (χ2n) is 7.48. The second kappa shape index (κ2) is 8.53. The molecule has 1 aliphatic rings. The van der Waals surface area contributed by atoms with Gasteiger partial charge in [-0.15, -0.1) is 0 Å². The number of benzene rings is 3. The van der Waals surface area contributed by atoms with Crippen LogP contribution in [0, 0.1) is 6.92 Å². The zero-order chi connectivity index (χ0) is 22.0. The average Bonchev–Trinajstić information content (AvgIpc) is 3.26. The Balaban J connectivity index is 1.45. The van der Waals surface area contributed by atoms with E-state index in [9.17, 15) is 13.2 Å². The fraction of sp³-hybridized carbons (Fsp3) is 0.208. The molecule has 0 aromatic heterocycles. The van der Waals surface area contributed by atoms with Crippen LogP contribution >= 0.6 is 0 Å². The molecule has 3 aromatic rings. The number of rotatable bonds is 6. The third-order valence-electron chi connectivity index (χ3n) is 5.46. The molecule has 4 rings (SSSR count). The lowest BCUT2D eigenvalue weighted by atomic mass is 10.0. The number of hydrogen-bond donors (Lipinski definition) is 2. The van der Waals surface area contributed by atoms with Crippen LogP contribution in [-0.2, 0) is 23.0 Å². The Morgan fingerprint density at radius 1 is 1.00 bits per heavy atom. The number of carbonyl (C=O) groups excluding carboxylic acids is 1. The minimum absolute atomic E-state index is 0.0647. The van der Waals surface area contributed by atoms with Crippen molar-refractivity contribution in [2.45, 2.75) is 24.8 Å². The van der Waals surface area contributed by atoms with Gasteiger partial charge in [0.05, 0.1) is 11.5 Å². The average molecular weight is 437 g/mol. The molecule has 1 heterocycles. The smallest absolute Gasteiger partial charge is 0.251 e. The van der Waals surface area contributed by atoms with Crippen LogP contribution < -0.4 is 14.8 Å². The first-order valence-corrected chi connectivity index (χ1v) is 11.5. The molecule has 0 aliphatic carbocycles. The van der Waals surface area contributed by atoms with Crippen molar-refractivity contribution in [3.63, 3.8) is 0 Å². The van der Waals surface area contributed by atoms with Gasteiger partial charge in [0, 0.05) is 18.5 Å². The maximum atomic E-state index is 12.7. The number of ether oxygens (including phenoxy) is 1. The second-order valence-corrected chi connectivity index (χ2v) is 9.37. The Morgan fingerprint density at radius 3 is 2.48 bits per heavy atom. The van der Waals surface area contributed by atoms with Crippen molar-refractivity contribution in [2.75, 3.05) is 13.7 Å². The van der Waals surface area contributed by atoms with Gasteiger partial charge in [0.2, 0.25) is 10.0 Å². The van der Waals surface area contributed by atoms with Crippen LogP contribution in [0.5, 0.6) is 5.75 Å². The van der Waals surface area contributed by atoms with Gasteiger partial charge in [0.25, 0.3) is 5.91 Å². The molecule has 6 nitrogen and oxygen atoms in total. The summed E-state index contributed by atoms with van der Waals surface area (Å²) in [6.45, 7) is 2.86. The Kier molecular flexibility index (Phi) is 5.80. The van der Waals surface area contributed by atoms with E-state index in [4.69, 9.17) is 4.74 Å². The Labute approximate surface area is 182 Å². The number of aryl methyl sites for hydroxylation is 1. The van der Waals surface area contributed by atoms with Gasteiger partial charge in [-0.05, 0) is 66.1 Å². The largest absolute Gasteiger partial charge is 0.493 e. The minimum Gasteiger partial charge on any atom is -0.493 e. The quantitative estimate of drug-likeness (QED) is 0.620. The Morgan fingerprint density at radius 2 is 1.74 bits per heavy atom. The molecule has 1 aliphatic heterocycles. The maximum Gasteiger partial charge on any atom is 0.251 e. The molecule has 1 amide bonds. The predicted octanol–water partition coefficient (Wildman–Crippen LogP) is 3.44. The standard InChI is InChI=1S/C24H24N2O4S/c1-16-3-9-21(31(28,29)25-2)14-22(16)24(27)26-15-17-4-6-18(7-5-17)19-8-10-23-20(13-19)11-12-30-23/h3-10,13-14,25H,11-12,15H2,1-2H3,(H,26,27). The summed E-state index contributed by atoms with van der Waals surface area (Å²) in [5, 5.41) is 2.88. The first-order valence-electron chi connectivity index (χ1n) is 10.0. The normalized spacial score (nSPS) is 12.8. The van der Waals surface area contributed by atoms with Crippen molar-refractivity contribution in [3.05, 3.63) is 82.9 Å². The summed E-state index contributed by atoms with van der Waals surface area (Å²) in [4.78, 5) is 12.7. The summed E-state index contributed by atoms with van der Waals surface area (Å²) < 4.78 is 31.9.